The molecule has 1 atom stereocenters. The van der Waals surface area contributed by atoms with Crippen molar-refractivity contribution >= 4 is 0 Å². The van der Waals surface area contributed by atoms with Crippen LogP contribution >= 0.6 is 0 Å². The fourth-order valence-electron chi connectivity index (χ4n) is 1.76. The minimum atomic E-state index is -0.470. The Labute approximate surface area is 104 Å². The lowest BCUT2D eigenvalue weighted by Gasteiger charge is -2.24. The van der Waals surface area contributed by atoms with Crippen molar-refractivity contribution < 1.29 is 9.84 Å². The Hall–Kier alpha value is -0.870. The number of methoxy groups -OCH3 is 1. The predicted molar refractivity (Wildman–Crippen MR) is 67.9 cm³/mol. The van der Waals surface area contributed by atoms with E-state index in [0.717, 1.165) is 24.2 Å². The van der Waals surface area contributed by atoms with Gasteiger partial charge in [-0.25, -0.2) is 0 Å². The van der Waals surface area contributed by atoms with E-state index in [-0.39, 0.29) is 5.60 Å². The topological polar surface area (TPSA) is 47.3 Å². The number of rotatable bonds is 6. The second-order valence-corrected chi connectivity index (χ2v) is 5.06. The Morgan fingerprint density at radius 2 is 2.18 bits per heavy atom. The van der Waals surface area contributed by atoms with Crippen molar-refractivity contribution in [1.82, 2.24) is 9.78 Å². The molecule has 0 radical (unpaired) electrons. The third-order valence-electron chi connectivity index (χ3n) is 3.24. The third kappa shape index (κ3) is 3.82. The molecule has 0 fully saturated rings. The number of aryl methyl sites for hydroxylation is 2. The standard InChI is InChI=1S/C13H24N2O2/c1-6-10-9-11(15(4)14-10)12(16)7-8-13(2,3)17-5/h9,12,16H,6-8H2,1-5H3. The molecule has 0 aliphatic heterocycles. The van der Waals surface area contributed by atoms with E-state index in [4.69, 9.17) is 4.74 Å². The van der Waals surface area contributed by atoms with Crippen LogP contribution in [0.25, 0.3) is 0 Å². The van der Waals surface area contributed by atoms with Crippen LogP contribution in [0.4, 0.5) is 0 Å². The Bertz CT molecular complexity index is 358. The van der Waals surface area contributed by atoms with Crippen molar-refractivity contribution in [3.63, 3.8) is 0 Å². The molecule has 0 aliphatic carbocycles. The lowest BCUT2D eigenvalue weighted by atomic mass is 9.98. The average molecular weight is 240 g/mol. The summed E-state index contributed by atoms with van der Waals surface area (Å²) in [6, 6.07) is 1.98. The van der Waals surface area contributed by atoms with Crippen molar-refractivity contribution in [2.45, 2.75) is 51.7 Å². The van der Waals surface area contributed by atoms with Crippen LogP contribution in [-0.2, 0) is 18.2 Å². The first kappa shape index (κ1) is 14.2. The van der Waals surface area contributed by atoms with Gasteiger partial charge in [0.1, 0.15) is 0 Å². The number of aliphatic hydroxyl groups is 1. The normalized spacial score (nSPS) is 14.0. The Kier molecular flexibility index (Phi) is 4.71. The highest BCUT2D eigenvalue weighted by Crippen LogP contribution is 2.24. The summed E-state index contributed by atoms with van der Waals surface area (Å²) in [5, 5.41) is 14.5. The molecule has 0 saturated heterocycles. The van der Waals surface area contributed by atoms with Crippen molar-refractivity contribution in [3.8, 4) is 0 Å². The molecule has 0 bridgehead atoms. The molecule has 17 heavy (non-hydrogen) atoms. The zero-order valence-electron chi connectivity index (χ0n) is 11.5. The zero-order chi connectivity index (χ0) is 13.1. The second-order valence-electron chi connectivity index (χ2n) is 5.06. The average Bonchev–Trinajstić information content (AvgIpc) is 2.68. The van der Waals surface area contributed by atoms with Crippen molar-refractivity contribution in [2.75, 3.05) is 7.11 Å². The van der Waals surface area contributed by atoms with Gasteiger partial charge in [0, 0.05) is 14.2 Å². The largest absolute Gasteiger partial charge is 0.387 e. The van der Waals surface area contributed by atoms with Crippen LogP contribution in [-0.4, -0.2) is 27.6 Å². The van der Waals surface area contributed by atoms with E-state index in [9.17, 15) is 5.11 Å². The number of aliphatic hydroxyl groups excluding tert-OH is 1. The fraction of sp³-hybridized carbons (Fsp3) is 0.769. The molecule has 0 aromatic carbocycles. The first-order valence-electron chi connectivity index (χ1n) is 6.15. The number of ether oxygens (including phenoxy) is 1. The summed E-state index contributed by atoms with van der Waals surface area (Å²) >= 11 is 0. The Balaban J connectivity index is 2.63. The molecule has 1 aromatic heterocycles. The summed E-state index contributed by atoms with van der Waals surface area (Å²) in [5.74, 6) is 0. The van der Waals surface area contributed by atoms with Crippen LogP contribution in [0.15, 0.2) is 6.07 Å². The van der Waals surface area contributed by atoms with Crippen LogP contribution < -0.4 is 0 Å². The van der Waals surface area contributed by atoms with Gasteiger partial charge in [0.2, 0.25) is 0 Å². The first-order chi connectivity index (χ1) is 7.89. The molecular weight excluding hydrogens is 216 g/mol. The molecule has 1 rings (SSSR count). The zero-order valence-corrected chi connectivity index (χ0v) is 11.5. The summed E-state index contributed by atoms with van der Waals surface area (Å²) in [7, 11) is 3.57. The fourth-order valence-corrected chi connectivity index (χ4v) is 1.76. The molecule has 1 aromatic rings. The molecule has 4 nitrogen and oxygen atoms in total. The maximum absolute atomic E-state index is 10.2. The van der Waals surface area contributed by atoms with Gasteiger partial charge in [0.25, 0.3) is 0 Å². The van der Waals surface area contributed by atoms with Gasteiger partial charge in [-0.3, -0.25) is 4.68 Å². The van der Waals surface area contributed by atoms with E-state index < -0.39 is 6.10 Å². The van der Waals surface area contributed by atoms with E-state index in [2.05, 4.69) is 12.0 Å². The third-order valence-corrected chi connectivity index (χ3v) is 3.24. The Morgan fingerprint density at radius 3 is 2.65 bits per heavy atom. The van der Waals surface area contributed by atoms with Crippen LogP contribution in [0.1, 0.15) is 51.1 Å². The van der Waals surface area contributed by atoms with Gasteiger partial charge >= 0.3 is 0 Å². The molecule has 1 unspecified atom stereocenters. The lowest BCUT2D eigenvalue weighted by molar-refractivity contribution is 0.00207. The molecule has 0 amide bonds. The minimum Gasteiger partial charge on any atom is -0.387 e. The van der Waals surface area contributed by atoms with Crippen LogP contribution in [0, 0.1) is 0 Å². The van der Waals surface area contributed by atoms with Crippen LogP contribution in [0.2, 0.25) is 0 Å². The van der Waals surface area contributed by atoms with Crippen LogP contribution in [0.3, 0.4) is 0 Å². The monoisotopic (exact) mass is 240 g/mol. The van der Waals surface area contributed by atoms with Crippen LogP contribution in [0.5, 0.6) is 0 Å². The molecule has 4 heteroatoms. The highest BCUT2D eigenvalue weighted by Gasteiger charge is 2.20. The van der Waals surface area contributed by atoms with E-state index in [1.54, 1.807) is 11.8 Å². The van der Waals surface area contributed by atoms with E-state index in [1.165, 1.54) is 0 Å². The maximum atomic E-state index is 10.2. The number of nitrogens with zero attached hydrogens (tertiary/aromatic N) is 2. The minimum absolute atomic E-state index is 0.187. The van der Waals surface area contributed by atoms with Crippen molar-refractivity contribution in [2.24, 2.45) is 7.05 Å². The summed E-state index contributed by atoms with van der Waals surface area (Å²) in [6.07, 6.45) is 1.92. The van der Waals surface area contributed by atoms with Gasteiger partial charge in [0.05, 0.1) is 23.1 Å². The Morgan fingerprint density at radius 1 is 1.53 bits per heavy atom. The molecule has 0 aliphatic rings. The lowest BCUT2D eigenvalue weighted by Crippen LogP contribution is -2.23. The van der Waals surface area contributed by atoms with E-state index >= 15 is 0 Å². The molecule has 1 heterocycles. The smallest absolute Gasteiger partial charge is 0.0957 e. The predicted octanol–water partition coefficient (Wildman–Crippen LogP) is 2.22. The van der Waals surface area contributed by atoms with Crippen molar-refractivity contribution in [3.05, 3.63) is 17.5 Å². The van der Waals surface area contributed by atoms with Gasteiger partial charge in [-0.1, -0.05) is 6.92 Å². The molecule has 0 saturated carbocycles. The molecule has 1 N–H and O–H groups in total. The van der Waals surface area contributed by atoms with Gasteiger partial charge < -0.3 is 9.84 Å². The maximum Gasteiger partial charge on any atom is 0.0957 e. The highest BCUT2D eigenvalue weighted by molar-refractivity contribution is 5.12. The number of hydrogen-bond acceptors (Lipinski definition) is 3. The second kappa shape index (κ2) is 5.65. The summed E-state index contributed by atoms with van der Waals surface area (Å²) in [6.45, 7) is 6.12. The van der Waals surface area contributed by atoms with Crippen molar-refractivity contribution in [1.29, 1.82) is 0 Å². The van der Waals surface area contributed by atoms with E-state index in [1.807, 2.05) is 27.0 Å². The van der Waals surface area contributed by atoms with Gasteiger partial charge in [-0.2, -0.15) is 5.10 Å². The molecular formula is C13H24N2O2. The highest BCUT2D eigenvalue weighted by atomic mass is 16.5. The summed E-state index contributed by atoms with van der Waals surface area (Å²) in [4.78, 5) is 0. The van der Waals surface area contributed by atoms with Gasteiger partial charge in [-0.15, -0.1) is 0 Å². The number of aromatic nitrogens is 2. The summed E-state index contributed by atoms with van der Waals surface area (Å²) in [5.41, 5.74) is 1.72. The quantitative estimate of drug-likeness (QED) is 0.829. The summed E-state index contributed by atoms with van der Waals surface area (Å²) < 4.78 is 7.11. The van der Waals surface area contributed by atoms with E-state index in [0.29, 0.717) is 6.42 Å². The van der Waals surface area contributed by atoms with Gasteiger partial charge in [0.15, 0.2) is 0 Å². The number of hydrogen-bond donors (Lipinski definition) is 1. The van der Waals surface area contributed by atoms with Gasteiger partial charge in [-0.05, 0) is 39.2 Å². The SMILES string of the molecule is CCc1cc(C(O)CCC(C)(C)OC)n(C)n1. The first-order valence-corrected chi connectivity index (χ1v) is 6.15. The molecule has 98 valence electrons. The molecule has 0 spiro atoms.